The van der Waals surface area contributed by atoms with Crippen molar-refractivity contribution in [3.63, 3.8) is 0 Å². The molecule has 0 amide bonds. The summed E-state index contributed by atoms with van der Waals surface area (Å²) >= 11 is 0. The third kappa shape index (κ3) is 1.99. The van der Waals surface area contributed by atoms with Gasteiger partial charge >= 0.3 is 0 Å². The minimum Gasteiger partial charge on any atom is -0.300 e. The number of carbonyl (C=O) groups excluding carboxylic acids is 1. The molecule has 5 atom stereocenters. The van der Waals surface area contributed by atoms with Crippen LogP contribution in [0.3, 0.4) is 0 Å². The van der Waals surface area contributed by atoms with Gasteiger partial charge in [-0.05, 0) is 87.9 Å². The van der Waals surface area contributed by atoms with Gasteiger partial charge in [0, 0.05) is 5.92 Å². The molecule has 0 bridgehead atoms. The first-order chi connectivity index (χ1) is 10.1. The Morgan fingerprint density at radius 3 is 2.67 bits per heavy atom. The predicted molar refractivity (Wildman–Crippen MR) is 85.9 cm³/mol. The molecule has 0 aromatic carbocycles. The fourth-order valence-electron chi connectivity index (χ4n) is 6.77. The van der Waals surface area contributed by atoms with E-state index in [1.807, 2.05) is 18.1 Å². The summed E-state index contributed by atoms with van der Waals surface area (Å²) in [6.07, 6.45) is 13.7. The Bertz CT molecular complexity index is 488. The lowest BCUT2D eigenvalue weighted by atomic mass is 9.55. The Hall–Kier alpha value is -0.590. The summed E-state index contributed by atoms with van der Waals surface area (Å²) in [6.45, 7) is 4.29. The normalized spacial score (nSPS) is 45.8. The molecule has 0 aromatic rings. The van der Waals surface area contributed by atoms with E-state index in [0.29, 0.717) is 17.1 Å². The second kappa shape index (κ2) is 4.96. The summed E-state index contributed by atoms with van der Waals surface area (Å²) in [4.78, 5) is 12.1. The SMILES string of the molecule is CC(=O)[C@H]1CC[C@H]2[C@@H]3CCC4CCCCC4=C3CC[C@]12C. The maximum Gasteiger partial charge on any atom is 0.133 e. The zero-order chi connectivity index (χ0) is 14.6. The van der Waals surface area contributed by atoms with E-state index < -0.39 is 0 Å². The van der Waals surface area contributed by atoms with Crippen molar-refractivity contribution in [2.45, 2.75) is 78.1 Å². The molecule has 21 heavy (non-hydrogen) atoms. The topological polar surface area (TPSA) is 17.1 Å². The molecule has 0 aromatic heterocycles. The second-order valence-electron chi connectivity index (χ2n) is 8.53. The van der Waals surface area contributed by atoms with Gasteiger partial charge in [0.05, 0.1) is 0 Å². The molecule has 3 fully saturated rings. The summed E-state index contributed by atoms with van der Waals surface area (Å²) in [5.74, 6) is 3.42. The lowest BCUT2D eigenvalue weighted by Crippen LogP contribution is -2.42. The average Bonchev–Trinajstić information content (AvgIpc) is 2.84. The van der Waals surface area contributed by atoms with E-state index in [1.165, 1.54) is 64.2 Å². The Morgan fingerprint density at radius 2 is 1.86 bits per heavy atom. The number of hydrogen-bond donors (Lipinski definition) is 0. The summed E-state index contributed by atoms with van der Waals surface area (Å²) < 4.78 is 0. The van der Waals surface area contributed by atoms with E-state index in [4.69, 9.17) is 0 Å². The number of ketones is 1. The van der Waals surface area contributed by atoms with Gasteiger partial charge in [-0.25, -0.2) is 0 Å². The van der Waals surface area contributed by atoms with E-state index in [2.05, 4.69) is 6.92 Å². The zero-order valence-corrected chi connectivity index (χ0v) is 13.8. The first-order valence-electron chi connectivity index (χ1n) is 9.33. The highest BCUT2D eigenvalue weighted by atomic mass is 16.1. The van der Waals surface area contributed by atoms with Crippen LogP contribution in [0.5, 0.6) is 0 Å². The molecule has 0 heterocycles. The highest BCUT2D eigenvalue weighted by Crippen LogP contribution is 2.62. The van der Waals surface area contributed by atoms with Crippen molar-refractivity contribution < 1.29 is 4.79 Å². The van der Waals surface area contributed by atoms with Gasteiger partial charge in [-0.3, -0.25) is 4.79 Å². The van der Waals surface area contributed by atoms with Crippen molar-refractivity contribution in [2.75, 3.05) is 0 Å². The van der Waals surface area contributed by atoms with Gasteiger partial charge in [-0.1, -0.05) is 24.5 Å². The third-order valence-corrected chi connectivity index (χ3v) is 7.75. The molecular weight excluding hydrogens is 256 g/mol. The van der Waals surface area contributed by atoms with E-state index in [-0.39, 0.29) is 0 Å². The Labute approximate surface area is 129 Å². The van der Waals surface area contributed by atoms with E-state index in [9.17, 15) is 4.79 Å². The molecule has 0 spiro atoms. The summed E-state index contributed by atoms with van der Waals surface area (Å²) in [5, 5.41) is 0. The number of fused-ring (bicyclic) bond motifs is 4. The van der Waals surface area contributed by atoms with Crippen molar-refractivity contribution >= 4 is 5.78 Å². The highest BCUT2D eigenvalue weighted by Gasteiger charge is 2.54. The van der Waals surface area contributed by atoms with Crippen LogP contribution >= 0.6 is 0 Å². The molecule has 1 unspecified atom stereocenters. The molecular formula is C20H30O. The molecule has 0 N–H and O–H groups in total. The van der Waals surface area contributed by atoms with Crippen molar-refractivity contribution in [1.82, 2.24) is 0 Å². The number of hydrogen-bond acceptors (Lipinski definition) is 1. The molecule has 116 valence electrons. The highest BCUT2D eigenvalue weighted by molar-refractivity contribution is 5.79. The minimum atomic E-state index is 0.321. The van der Waals surface area contributed by atoms with Crippen molar-refractivity contribution in [3.05, 3.63) is 11.1 Å². The molecule has 0 radical (unpaired) electrons. The molecule has 1 nitrogen and oxygen atoms in total. The summed E-state index contributed by atoms with van der Waals surface area (Å²) in [5.41, 5.74) is 4.10. The minimum absolute atomic E-state index is 0.321. The lowest BCUT2D eigenvalue weighted by molar-refractivity contribution is -0.125. The maximum absolute atomic E-state index is 12.1. The summed E-state index contributed by atoms with van der Waals surface area (Å²) in [7, 11) is 0. The number of Topliss-reactive ketones (excluding diaryl/α,β-unsaturated/α-hetero) is 1. The van der Waals surface area contributed by atoms with Crippen LogP contribution in [0.15, 0.2) is 11.1 Å². The van der Waals surface area contributed by atoms with Gasteiger partial charge in [0.25, 0.3) is 0 Å². The van der Waals surface area contributed by atoms with Crippen LogP contribution in [0.4, 0.5) is 0 Å². The van der Waals surface area contributed by atoms with E-state index in [1.54, 1.807) is 0 Å². The standard InChI is InChI=1S/C20H30O/c1-13(21)18-9-10-19-17-8-7-14-5-3-4-6-15(14)16(17)11-12-20(18,19)2/h14,17-19H,3-12H2,1-2H3/t14?,17-,18-,19+,20-/m1/s1. The lowest BCUT2D eigenvalue weighted by Gasteiger charge is -2.50. The smallest absolute Gasteiger partial charge is 0.133 e. The fourth-order valence-corrected chi connectivity index (χ4v) is 6.77. The quantitative estimate of drug-likeness (QED) is 0.598. The van der Waals surface area contributed by atoms with E-state index >= 15 is 0 Å². The van der Waals surface area contributed by atoms with E-state index in [0.717, 1.165) is 17.8 Å². The Balaban J connectivity index is 1.68. The predicted octanol–water partition coefficient (Wildman–Crippen LogP) is 5.30. The van der Waals surface area contributed by atoms with Crippen LogP contribution in [0.1, 0.15) is 78.1 Å². The Kier molecular flexibility index (Phi) is 3.32. The molecule has 4 aliphatic carbocycles. The molecule has 3 saturated carbocycles. The van der Waals surface area contributed by atoms with Gasteiger partial charge in [-0.15, -0.1) is 0 Å². The monoisotopic (exact) mass is 286 g/mol. The van der Waals surface area contributed by atoms with Gasteiger partial charge in [0.2, 0.25) is 0 Å². The maximum atomic E-state index is 12.1. The molecule has 4 aliphatic rings. The van der Waals surface area contributed by atoms with Crippen molar-refractivity contribution in [2.24, 2.45) is 29.1 Å². The average molecular weight is 286 g/mol. The molecule has 4 rings (SSSR count). The van der Waals surface area contributed by atoms with Crippen LogP contribution in [0.25, 0.3) is 0 Å². The first-order valence-corrected chi connectivity index (χ1v) is 9.33. The second-order valence-corrected chi connectivity index (χ2v) is 8.53. The van der Waals surface area contributed by atoms with Gasteiger partial charge in [-0.2, -0.15) is 0 Å². The van der Waals surface area contributed by atoms with Gasteiger partial charge < -0.3 is 0 Å². The zero-order valence-electron chi connectivity index (χ0n) is 13.8. The number of rotatable bonds is 1. The van der Waals surface area contributed by atoms with Gasteiger partial charge in [0.15, 0.2) is 0 Å². The molecule has 0 saturated heterocycles. The number of carbonyl (C=O) groups is 1. The third-order valence-electron chi connectivity index (χ3n) is 7.75. The van der Waals surface area contributed by atoms with Crippen LogP contribution < -0.4 is 0 Å². The van der Waals surface area contributed by atoms with Crippen LogP contribution in [0.2, 0.25) is 0 Å². The Morgan fingerprint density at radius 1 is 1.00 bits per heavy atom. The van der Waals surface area contributed by atoms with Crippen molar-refractivity contribution in [3.8, 4) is 0 Å². The first kappa shape index (κ1) is 14.0. The van der Waals surface area contributed by atoms with Crippen LogP contribution in [-0.4, -0.2) is 5.78 Å². The largest absolute Gasteiger partial charge is 0.300 e. The van der Waals surface area contributed by atoms with Gasteiger partial charge in [0.1, 0.15) is 5.78 Å². The molecule has 0 aliphatic heterocycles. The fraction of sp³-hybridized carbons (Fsp3) is 0.850. The van der Waals surface area contributed by atoms with Crippen molar-refractivity contribution in [1.29, 1.82) is 0 Å². The summed E-state index contributed by atoms with van der Waals surface area (Å²) in [6, 6.07) is 0. The van der Waals surface area contributed by atoms with Crippen LogP contribution in [0, 0.1) is 29.1 Å². The van der Waals surface area contributed by atoms with Crippen LogP contribution in [-0.2, 0) is 4.79 Å². The molecule has 1 heteroatoms. The number of allylic oxidation sites excluding steroid dienone is 2.